The van der Waals surface area contributed by atoms with Crippen LogP contribution in [-0.4, -0.2) is 20.4 Å². The second-order valence-electron chi connectivity index (χ2n) is 10.9. The zero-order valence-corrected chi connectivity index (χ0v) is 23.7. The van der Waals surface area contributed by atoms with E-state index in [1.807, 2.05) is 0 Å². The number of nitrogens with one attached hydrogen (secondary N) is 1. The number of nitrogens with two attached hydrogens (primary N) is 2. The van der Waals surface area contributed by atoms with Crippen LogP contribution in [0.4, 0.5) is 5.69 Å². The average Bonchev–Trinajstić information content (AvgIpc) is 3.55. The van der Waals surface area contributed by atoms with Crippen LogP contribution >= 0.6 is 22.7 Å². The first-order chi connectivity index (χ1) is 18.3. The molecule has 0 atom stereocenters. The van der Waals surface area contributed by atoms with Crippen molar-refractivity contribution in [3.63, 3.8) is 0 Å². The van der Waals surface area contributed by atoms with Gasteiger partial charge in [-0.05, 0) is 92.7 Å². The molecular formula is C29H35N7S2. The van der Waals surface area contributed by atoms with Gasteiger partial charge in [-0.1, -0.05) is 53.0 Å². The van der Waals surface area contributed by atoms with Crippen molar-refractivity contribution in [2.75, 3.05) is 5.32 Å². The van der Waals surface area contributed by atoms with Crippen molar-refractivity contribution in [1.82, 2.24) is 20.4 Å². The van der Waals surface area contributed by atoms with E-state index in [4.69, 9.17) is 11.5 Å². The Hall–Kier alpha value is -2.72. The molecule has 2 aliphatic rings. The lowest BCUT2D eigenvalue weighted by molar-refractivity contribution is 0.251. The number of benzene rings is 2. The van der Waals surface area contributed by atoms with Gasteiger partial charge >= 0.3 is 0 Å². The van der Waals surface area contributed by atoms with Gasteiger partial charge in [-0.25, -0.2) is 0 Å². The Morgan fingerprint density at radius 2 is 1.32 bits per heavy atom. The Morgan fingerprint density at radius 1 is 0.737 bits per heavy atom. The van der Waals surface area contributed by atoms with Crippen molar-refractivity contribution < 1.29 is 0 Å². The van der Waals surface area contributed by atoms with Crippen molar-refractivity contribution >= 4 is 28.4 Å². The van der Waals surface area contributed by atoms with E-state index in [0.29, 0.717) is 6.54 Å². The fourth-order valence-corrected chi connectivity index (χ4v) is 7.34. The van der Waals surface area contributed by atoms with Gasteiger partial charge in [0, 0.05) is 12.1 Å². The predicted octanol–water partition coefficient (Wildman–Crippen LogP) is 5.75. The summed E-state index contributed by atoms with van der Waals surface area (Å²) < 4.78 is 0. The number of hydrogen-bond donors (Lipinski definition) is 3. The number of rotatable bonds is 9. The van der Waals surface area contributed by atoms with Gasteiger partial charge in [0.1, 0.15) is 20.0 Å². The molecule has 0 aliphatic heterocycles. The van der Waals surface area contributed by atoms with Gasteiger partial charge in [0.15, 0.2) is 0 Å². The first-order valence-electron chi connectivity index (χ1n) is 13.5. The van der Waals surface area contributed by atoms with Gasteiger partial charge in [-0.3, -0.25) is 0 Å². The fraction of sp³-hybridized carbons (Fsp3) is 0.448. The van der Waals surface area contributed by atoms with Crippen LogP contribution in [0.25, 0.3) is 11.1 Å². The molecule has 0 radical (unpaired) electrons. The zero-order valence-electron chi connectivity index (χ0n) is 22.1. The predicted molar refractivity (Wildman–Crippen MR) is 155 cm³/mol. The van der Waals surface area contributed by atoms with E-state index in [9.17, 15) is 0 Å². The Kier molecular flexibility index (Phi) is 6.80. The van der Waals surface area contributed by atoms with E-state index in [0.717, 1.165) is 64.2 Å². The lowest BCUT2D eigenvalue weighted by Crippen LogP contribution is -2.43. The second-order valence-corrected chi connectivity index (χ2v) is 13.1. The molecule has 198 valence electrons. The molecule has 7 nitrogen and oxygen atoms in total. The molecule has 6 rings (SSSR count). The number of nitrogens with zero attached hydrogens (tertiary/aromatic N) is 4. The van der Waals surface area contributed by atoms with E-state index in [2.05, 4.69) is 76.0 Å². The molecule has 0 saturated heterocycles. The average molecular weight is 546 g/mol. The summed E-state index contributed by atoms with van der Waals surface area (Å²) in [5.74, 6) is 0. The van der Waals surface area contributed by atoms with Gasteiger partial charge < -0.3 is 16.8 Å². The maximum absolute atomic E-state index is 6.45. The molecule has 0 spiro atoms. The quantitative estimate of drug-likeness (QED) is 0.245. The van der Waals surface area contributed by atoms with Crippen LogP contribution in [0, 0.1) is 13.8 Å². The van der Waals surface area contributed by atoms with Crippen LogP contribution < -0.4 is 16.8 Å². The number of hydrogen-bond acceptors (Lipinski definition) is 9. The SMILES string of the molecule is Cc1c(CCc2nnc(C3(N)CCC3)s2)cccc1-c1cccc(NCc2nnc(C3(N)CCC3)s2)c1C. The summed E-state index contributed by atoms with van der Waals surface area (Å²) in [6.07, 6.45) is 8.23. The van der Waals surface area contributed by atoms with Crippen molar-refractivity contribution in [2.45, 2.75) is 82.8 Å². The summed E-state index contributed by atoms with van der Waals surface area (Å²) in [5.41, 5.74) is 19.9. The maximum Gasteiger partial charge on any atom is 0.137 e. The highest BCUT2D eigenvalue weighted by atomic mass is 32.1. The smallest absolute Gasteiger partial charge is 0.137 e. The lowest BCUT2D eigenvalue weighted by atomic mass is 9.78. The lowest BCUT2D eigenvalue weighted by Gasteiger charge is -2.35. The first-order valence-corrected chi connectivity index (χ1v) is 15.1. The summed E-state index contributed by atoms with van der Waals surface area (Å²) >= 11 is 3.32. The zero-order chi connectivity index (χ0) is 26.3. The van der Waals surface area contributed by atoms with Gasteiger partial charge in [0.2, 0.25) is 0 Å². The molecule has 2 aromatic carbocycles. The van der Waals surface area contributed by atoms with Crippen LogP contribution in [0.2, 0.25) is 0 Å². The molecule has 2 aliphatic carbocycles. The fourth-order valence-electron chi connectivity index (χ4n) is 5.40. The van der Waals surface area contributed by atoms with E-state index < -0.39 is 0 Å². The molecule has 0 amide bonds. The molecule has 2 aromatic heterocycles. The van der Waals surface area contributed by atoms with Gasteiger partial charge in [0.05, 0.1) is 17.6 Å². The van der Waals surface area contributed by atoms with Crippen molar-refractivity contribution in [2.24, 2.45) is 11.5 Å². The minimum atomic E-state index is -0.254. The Morgan fingerprint density at radius 3 is 1.95 bits per heavy atom. The molecule has 5 N–H and O–H groups in total. The molecule has 0 bridgehead atoms. The van der Waals surface area contributed by atoms with Crippen LogP contribution in [0.15, 0.2) is 36.4 Å². The van der Waals surface area contributed by atoms with E-state index in [1.54, 1.807) is 22.7 Å². The largest absolute Gasteiger partial charge is 0.378 e. The van der Waals surface area contributed by atoms with Crippen LogP contribution in [0.3, 0.4) is 0 Å². The minimum Gasteiger partial charge on any atom is -0.378 e. The molecule has 9 heteroatoms. The molecule has 2 heterocycles. The van der Waals surface area contributed by atoms with Crippen molar-refractivity contribution in [3.8, 4) is 11.1 Å². The third-order valence-corrected chi connectivity index (χ3v) is 10.7. The normalized spacial score (nSPS) is 17.6. The summed E-state index contributed by atoms with van der Waals surface area (Å²) in [6.45, 7) is 5.06. The Labute approximate surface area is 232 Å². The summed E-state index contributed by atoms with van der Waals surface area (Å²) in [6, 6.07) is 13.1. The van der Waals surface area contributed by atoms with E-state index in [-0.39, 0.29) is 11.1 Å². The highest BCUT2D eigenvalue weighted by molar-refractivity contribution is 7.11. The Balaban J connectivity index is 1.15. The first kappa shape index (κ1) is 25.6. The number of aryl methyl sites for hydroxylation is 2. The van der Waals surface area contributed by atoms with Crippen molar-refractivity contribution in [1.29, 1.82) is 0 Å². The molecule has 0 unspecified atom stereocenters. The molecule has 4 aromatic rings. The summed E-state index contributed by atoms with van der Waals surface area (Å²) in [7, 11) is 0. The number of aromatic nitrogens is 4. The monoisotopic (exact) mass is 545 g/mol. The highest BCUT2D eigenvalue weighted by Crippen LogP contribution is 2.41. The molecular weight excluding hydrogens is 511 g/mol. The van der Waals surface area contributed by atoms with Gasteiger partial charge in [-0.15, -0.1) is 20.4 Å². The van der Waals surface area contributed by atoms with E-state index in [1.165, 1.54) is 40.7 Å². The third kappa shape index (κ3) is 4.77. The second kappa shape index (κ2) is 10.1. The van der Waals surface area contributed by atoms with Crippen LogP contribution in [0.1, 0.15) is 75.2 Å². The topological polar surface area (TPSA) is 116 Å². The minimum absolute atomic E-state index is 0.232. The van der Waals surface area contributed by atoms with E-state index >= 15 is 0 Å². The maximum atomic E-state index is 6.45. The van der Waals surface area contributed by atoms with Crippen LogP contribution in [0.5, 0.6) is 0 Å². The highest BCUT2D eigenvalue weighted by Gasteiger charge is 2.38. The van der Waals surface area contributed by atoms with Gasteiger partial charge in [-0.2, -0.15) is 0 Å². The molecule has 2 saturated carbocycles. The Bertz CT molecular complexity index is 1340. The standard InChI is InChI=1S/C29H35N7S2/c1-18-20(11-12-24-33-35-26(37-24)28(30)13-5-14-28)7-3-8-21(18)22-9-4-10-23(19(22)2)32-17-25-34-36-27(38-25)29(31)15-6-16-29/h3-4,7-10,32H,5-6,11-17,30-31H2,1-2H3. The molecule has 38 heavy (non-hydrogen) atoms. The third-order valence-electron chi connectivity index (χ3n) is 8.39. The summed E-state index contributed by atoms with van der Waals surface area (Å²) in [5, 5.41) is 25.2. The molecule has 2 fully saturated rings. The van der Waals surface area contributed by atoms with Crippen LogP contribution in [-0.2, 0) is 30.5 Å². The summed E-state index contributed by atoms with van der Waals surface area (Å²) in [4.78, 5) is 0. The number of anilines is 1. The van der Waals surface area contributed by atoms with Crippen molar-refractivity contribution in [3.05, 3.63) is 73.1 Å². The van der Waals surface area contributed by atoms with Gasteiger partial charge in [0.25, 0.3) is 0 Å².